The van der Waals surface area contributed by atoms with Crippen molar-refractivity contribution in [2.75, 3.05) is 7.05 Å². The molecule has 1 aromatic carbocycles. The van der Waals surface area contributed by atoms with Gasteiger partial charge in [0.25, 0.3) is 0 Å². The summed E-state index contributed by atoms with van der Waals surface area (Å²) in [6.45, 7) is 2.07. The highest BCUT2D eigenvalue weighted by molar-refractivity contribution is 6.30. The maximum atomic E-state index is 12.1. The smallest absolute Gasteiger partial charge is 0.244 e. The van der Waals surface area contributed by atoms with Crippen molar-refractivity contribution in [3.8, 4) is 0 Å². The fourth-order valence-electron chi connectivity index (χ4n) is 1.71. The molecule has 1 atom stereocenters. The lowest BCUT2D eigenvalue weighted by molar-refractivity contribution is -0.132. The number of hydrogen-bond donors (Lipinski definition) is 0. The van der Waals surface area contributed by atoms with E-state index in [0.717, 1.165) is 5.56 Å². The average Bonchev–Trinajstić information content (AvgIpc) is 2.89. The van der Waals surface area contributed by atoms with Crippen LogP contribution in [0.1, 0.15) is 18.5 Å². The summed E-state index contributed by atoms with van der Waals surface area (Å²) in [4.78, 5) is 13.7. The predicted octanol–water partition coefficient (Wildman–Crippen LogP) is 1.55. The van der Waals surface area contributed by atoms with E-state index >= 15 is 0 Å². The first-order chi connectivity index (χ1) is 9.08. The number of likely N-dealkylation sites (N-methyl/N-ethyl adjacent to an activating group) is 1. The van der Waals surface area contributed by atoms with Gasteiger partial charge in [-0.3, -0.25) is 4.79 Å². The minimum Gasteiger partial charge on any atom is -0.337 e. The second kappa shape index (κ2) is 5.79. The number of carbonyl (C=O) groups is 1. The highest BCUT2D eigenvalue weighted by atomic mass is 35.5. The van der Waals surface area contributed by atoms with Gasteiger partial charge in [0.2, 0.25) is 5.91 Å². The van der Waals surface area contributed by atoms with Gasteiger partial charge in [-0.1, -0.05) is 23.7 Å². The first-order valence-corrected chi connectivity index (χ1v) is 6.17. The third-order valence-electron chi connectivity index (χ3n) is 2.99. The van der Waals surface area contributed by atoms with Crippen LogP contribution in [0.5, 0.6) is 0 Å². The minimum atomic E-state index is -0.0697. The molecule has 0 bridgehead atoms. The first kappa shape index (κ1) is 13.5. The molecule has 100 valence electrons. The van der Waals surface area contributed by atoms with Gasteiger partial charge in [-0.05, 0) is 35.0 Å². The minimum absolute atomic E-state index is 0.0670. The van der Waals surface area contributed by atoms with Crippen molar-refractivity contribution < 1.29 is 4.79 Å². The molecule has 6 nitrogen and oxygen atoms in total. The van der Waals surface area contributed by atoms with Crippen molar-refractivity contribution in [3.05, 3.63) is 41.2 Å². The number of tetrazole rings is 1. The molecular weight excluding hydrogens is 266 g/mol. The van der Waals surface area contributed by atoms with Crippen LogP contribution < -0.4 is 0 Å². The van der Waals surface area contributed by atoms with Crippen LogP contribution in [-0.2, 0) is 11.3 Å². The highest BCUT2D eigenvalue weighted by Crippen LogP contribution is 2.21. The number of carbonyl (C=O) groups excluding carboxylic acids is 1. The van der Waals surface area contributed by atoms with E-state index < -0.39 is 0 Å². The Bertz CT molecular complexity index is 557. The topological polar surface area (TPSA) is 63.9 Å². The number of hydrogen-bond acceptors (Lipinski definition) is 4. The Balaban J connectivity index is 2.06. The normalized spacial score (nSPS) is 12.2. The number of benzene rings is 1. The van der Waals surface area contributed by atoms with Gasteiger partial charge in [-0.2, -0.15) is 0 Å². The molecule has 0 aliphatic rings. The SMILES string of the molecule is CC(c1cccc(Cl)c1)N(C)C(=O)Cn1cnnn1. The molecule has 19 heavy (non-hydrogen) atoms. The zero-order chi connectivity index (χ0) is 13.8. The molecule has 1 heterocycles. The molecule has 7 heteroatoms. The summed E-state index contributed by atoms with van der Waals surface area (Å²) >= 11 is 5.95. The third kappa shape index (κ3) is 3.29. The Kier molecular flexibility index (Phi) is 4.11. The standard InChI is InChI=1S/C12H14ClN5O/c1-9(10-4-3-5-11(13)6-10)17(2)12(19)7-18-8-14-15-16-18/h3-6,8-9H,7H2,1-2H3. The molecule has 1 unspecified atom stereocenters. The van der Waals surface area contributed by atoms with Crippen LogP contribution in [0.25, 0.3) is 0 Å². The Morgan fingerprint density at radius 3 is 2.95 bits per heavy atom. The third-order valence-corrected chi connectivity index (χ3v) is 3.23. The lowest BCUT2D eigenvalue weighted by Gasteiger charge is -2.25. The van der Waals surface area contributed by atoms with E-state index in [1.54, 1.807) is 18.0 Å². The molecule has 0 fully saturated rings. The van der Waals surface area contributed by atoms with Crippen molar-refractivity contribution in [2.45, 2.75) is 19.5 Å². The van der Waals surface area contributed by atoms with Gasteiger partial charge in [0.15, 0.2) is 0 Å². The summed E-state index contributed by atoms with van der Waals surface area (Å²) in [6.07, 6.45) is 1.41. The van der Waals surface area contributed by atoms with E-state index in [4.69, 9.17) is 11.6 Å². The van der Waals surface area contributed by atoms with Crippen LogP contribution in [0.4, 0.5) is 0 Å². The van der Waals surface area contributed by atoms with Gasteiger partial charge in [-0.25, -0.2) is 4.68 Å². The van der Waals surface area contributed by atoms with E-state index in [9.17, 15) is 4.79 Å². The van der Waals surface area contributed by atoms with E-state index in [2.05, 4.69) is 15.5 Å². The largest absolute Gasteiger partial charge is 0.337 e. The van der Waals surface area contributed by atoms with Gasteiger partial charge < -0.3 is 4.90 Å². The lowest BCUT2D eigenvalue weighted by Crippen LogP contribution is -2.32. The Labute approximate surface area is 116 Å². The molecule has 1 amide bonds. The molecule has 2 aromatic rings. The number of aromatic nitrogens is 4. The van der Waals surface area contributed by atoms with Crippen molar-refractivity contribution in [3.63, 3.8) is 0 Å². The number of amides is 1. The molecule has 0 radical (unpaired) electrons. The summed E-state index contributed by atoms with van der Waals surface area (Å²) in [5.41, 5.74) is 0.986. The van der Waals surface area contributed by atoms with Crippen LogP contribution in [0.3, 0.4) is 0 Å². The molecular formula is C12H14ClN5O. The summed E-state index contributed by atoms with van der Waals surface area (Å²) < 4.78 is 1.39. The number of rotatable bonds is 4. The van der Waals surface area contributed by atoms with Crippen LogP contribution >= 0.6 is 11.6 Å². The average molecular weight is 280 g/mol. The van der Waals surface area contributed by atoms with Gasteiger partial charge in [0, 0.05) is 12.1 Å². The zero-order valence-corrected chi connectivity index (χ0v) is 11.4. The fourth-order valence-corrected chi connectivity index (χ4v) is 1.91. The summed E-state index contributed by atoms with van der Waals surface area (Å²) in [7, 11) is 1.75. The lowest BCUT2D eigenvalue weighted by atomic mass is 10.1. The first-order valence-electron chi connectivity index (χ1n) is 5.80. The Morgan fingerprint density at radius 2 is 2.32 bits per heavy atom. The molecule has 1 aromatic heterocycles. The van der Waals surface area contributed by atoms with Crippen LogP contribution in [-0.4, -0.2) is 38.1 Å². The second-order valence-electron chi connectivity index (χ2n) is 4.24. The van der Waals surface area contributed by atoms with Crippen LogP contribution in [0.15, 0.2) is 30.6 Å². The van der Waals surface area contributed by atoms with Crippen molar-refractivity contribution >= 4 is 17.5 Å². The highest BCUT2D eigenvalue weighted by Gasteiger charge is 2.18. The van der Waals surface area contributed by atoms with Gasteiger partial charge in [0.05, 0.1) is 6.04 Å². The number of nitrogens with zero attached hydrogens (tertiary/aromatic N) is 5. The molecule has 0 N–H and O–H groups in total. The molecule has 0 aliphatic carbocycles. The Hall–Kier alpha value is -1.95. The van der Waals surface area contributed by atoms with Gasteiger partial charge in [0.1, 0.15) is 12.9 Å². The van der Waals surface area contributed by atoms with Gasteiger partial charge >= 0.3 is 0 Å². The van der Waals surface area contributed by atoms with E-state index in [-0.39, 0.29) is 18.5 Å². The molecule has 0 saturated heterocycles. The van der Waals surface area contributed by atoms with Crippen LogP contribution in [0.2, 0.25) is 5.02 Å². The maximum absolute atomic E-state index is 12.1. The quantitative estimate of drug-likeness (QED) is 0.852. The van der Waals surface area contributed by atoms with E-state index in [0.29, 0.717) is 5.02 Å². The maximum Gasteiger partial charge on any atom is 0.244 e. The van der Waals surface area contributed by atoms with Crippen molar-refractivity contribution in [2.24, 2.45) is 0 Å². The molecule has 0 saturated carbocycles. The number of halogens is 1. The molecule has 0 aliphatic heterocycles. The van der Waals surface area contributed by atoms with Crippen molar-refractivity contribution in [1.82, 2.24) is 25.1 Å². The van der Waals surface area contributed by atoms with E-state index in [1.807, 2.05) is 25.1 Å². The fraction of sp³-hybridized carbons (Fsp3) is 0.333. The predicted molar refractivity (Wildman–Crippen MR) is 70.5 cm³/mol. The summed E-state index contributed by atoms with van der Waals surface area (Å²) in [6, 6.07) is 7.40. The van der Waals surface area contributed by atoms with E-state index in [1.165, 1.54) is 11.0 Å². The second-order valence-corrected chi connectivity index (χ2v) is 4.68. The van der Waals surface area contributed by atoms with Gasteiger partial charge in [-0.15, -0.1) is 5.10 Å². The molecule has 2 rings (SSSR count). The van der Waals surface area contributed by atoms with Crippen molar-refractivity contribution in [1.29, 1.82) is 0 Å². The summed E-state index contributed by atoms with van der Waals surface area (Å²) in [5, 5.41) is 11.3. The monoisotopic (exact) mass is 279 g/mol. The Morgan fingerprint density at radius 1 is 1.53 bits per heavy atom. The molecule has 0 spiro atoms. The van der Waals surface area contributed by atoms with Crippen LogP contribution in [0, 0.1) is 0 Å². The zero-order valence-electron chi connectivity index (χ0n) is 10.7. The summed E-state index contributed by atoms with van der Waals surface area (Å²) in [5.74, 6) is -0.0697.